The molecule has 2 saturated carbocycles. The summed E-state index contributed by atoms with van der Waals surface area (Å²) >= 11 is 0. The first kappa shape index (κ1) is 31.5. The Bertz CT molecular complexity index is 714. The maximum atomic E-state index is 11.9. The SMILES string of the molecule is CC(C)(CCCC(C)(O)[C@H]1CC[C@H]2C(O[Si](C)(C)C(C)(C)C)CCC[C@]12C)O[Si](C)(C)C(C)(C)C. The van der Waals surface area contributed by atoms with Crippen LogP contribution in [0.25, 0.3) is 0 Å². The van der Waals surface area contributed by atoms with Crippen LogP contribution in [-0.4, -0.2) is 39.0 Å². The Morgan fingerprint density at radius 3 is 1.86 bits per heavy atom. The Labute approximate surface area is 221 Å². The van der Waals surface area contributed by atoms with Gasteiger partial charge in [-0.3, -0.25) is 0 Å². The van der Waals surface area contributed by atoms with E-state index in [1.165, 1.54) is 25.7 Å². The zero-order chi connectivity index (χ0) is 27.3. The van der Waals surface area contributed by atoms with E-state index >= 15 is 0 Å². The molecule has 2 fully saturated rings. The van der Waals surface area contributed by atoms with Crippen molar-refractivity contribution in [2.24, 2.45) is 17.3 Å². The monoisotopic (exact) mass is 526 g/mol. The summed E-state index contributed by atoms with van der Waals surface area (Å²) in [5.74, 6) is 0.940. The van der Waals surface area contributed by atoms with Crippen molar-refractivity contribution < 1.29 is 14.0 Å². The van der Waals surface area contributed by atoms with Crippen molar-refractivity contribution >= 4 is 16.6 Å². The molecule has 0 aliphatic heterocycles. The second-order valence-electron chi connectivity index (χ2n) is 16.4. The maximum Gasteiger partial charge on any atom is 0.192 e. The molecule has 5 heteroatoms. The Hall–Kier alpha value is 0.314. The van der Waals surface area contributed by atoms with Crippen LogP contribution in [-0.2, 0) is 8.85 Å². The molecule has 0 aromatic carbocycles. The average molecular weight is 527 g/mol. The number of hydrogen-bond donors (Lipinski definition) is 1. The third-order valence-electron chi connectivity index (χ3n) is 10.9. The summed E-state index contributed by atoms with van der Waals surface area (Å²) in [6.45, 7) is 32.6. The van der Waals surface area contributed by atoms with Gasteiger partial charge >= 0.3 is 0 Å². The summed E-state index contributed by atoms with van der Waals surface area (Å²) in [4.78, 5) is 0. The van der Waals surface area contributed by atoms with Crippen LogP contribution in [0.5, 0.6) is 0 Å². The number of aliphatic hydroxyl groups is 1. The molecule has 0 bridgehead atoms. The van der Waals surface area contributed by atoms with Crippen molar-refractivity contribution in [2.75, 3.05) is 0 Å². The highest BCUT2D eigenvalue weighted by Crippen LogP contribution is 2.60. The van der Waals surface area contributed by atoms with E-state index < -0.39 is 22.2 Å². The van der Waals surface area contributed by atoms with Gasteiger partial charge in [0.2, 0.25) is 0 Å². The van der Waals surface area contributed by atoms with E-state index in [1.807, 2.05) is 0 Å². The zero-order valence-corrected chi connectivity index (χ0v) is 28.2. The van der Waals surface area contributed by atoms with E-state index in [-0.39, 0.29) is 21.1 Å². The van der Waals surface area contributed by atoms with Crippen LogP contribution in [0.3, 0.4) is 0 Å². The van der Waals surface area contributed by atoms with E-state index in [0.717, 1.165) is 25.7 Å². The highest BCUT2D eigenvalue weighted by Gasteiger charge is 2.57. The molecule has 2 unspecified atom stereocenters. The van der Waals surface area contributed by atoms with Gasteiger partial charge in [-0.1, -0.05) is 54.9 Å². The zero-order valence-electron chi connectivity index (χ0n) is 26.2. The lowest BCUT2D eigenvalue weighted by Crippen LogP contribution is -2.52. The largest absolute Gasteiger partial charge is 0.414 e. The first-order chi connectivity index (χ1) is 15.5. The molecule has 0 amide bonds. The standard InChI is InChI=1S/C30H62O3Si2/c1-26(2,3)34(11,12)32-24-17-15-21-29(9)23(24)18-19-25(29)30(10,31)22-16-20-28(7,8)33-35(13,14)27(4,5)6/h23-25,31H,15-22H2,1-14H3/t23-,24?,25-,29-,30?/m0/s1. The molecule has 0 spiro atoms. The van der Waals surface area contributed by atoms with Gasteiger partial charge in [-0.25, -0.2) is 0 Å². The van der Waals surface area contributed by atoms with Crippen molar-refractivity contribution in [1.82, 2.24) is 0 Å². The van der Waals surface area contributed by atoms with Crippen molar-refractivity contribution in [3.05, 3.63) is 0 Å². The molecule has 0 aromatic heterocycles. The van der Waals surface area contributed by atoms with Crippen molar-refractivity contribution in [2.45, 2.75) is 174 Å². The number of rotatable bonds is 9. The van der Waals surface area contributed by atoms with Gasteiger partial charge in [0, 0.05) is 6.10 Å². The van der Waals surface area contributed by atoms with Gasteiger partial charge in [0.25, 0.3) is 0 Å². The van der Waals surface area contributed by atoms with Gasteiger partial charge in [-0.15, -0.1) is 0 Å². The molecule has 2 aliphatic rings. The van der Waals surface area contributed by atoms with E-state index in [0.29, 0.717) is 17.9 Å². The first-order valence-electron chi connectivity index (χ1n) is 14.6. The smallest absolute Gasteiger partial charge is 0.192 e. The quantitative estimate of drug-likeness (QED) is 0.304. The molecule has 0 heterocycles. The molecule has 0 radical (unpaired) electrons. The highest BCUT2D eigenvalue weighted by atomic mass is 28.4. The summed E-state index contributed by atoms with van der Waals surface area (Å²) in [6.07, 6.45) is 9.23. The van der Waals surface area contributed by atoms with Gasteiger partial charge < -0.3 is 14.0 Å². The van der Waals surface area contributed by atoms with E-state index in [1.54, 1.807) is 0 Å². The summed E-state index contributed by atoms with van der Waals surface area (Å²) in [7, 11) is -3.61. The fraction of sp³-hybridized carbons (Fsp3) is 1.00. The van der Waals surface area contributed by atoms with Gasteiger partial charge in [-0.05, 0) is 119 Å². The molecule has 0 aromatic rings. The molecule has 35 heavy (non-hydrogen) atoms. The first-order valence-corrected chi connectivity index (χ1v) is 20.4. The van der Waals surface area contributed by atoms with Crippen LogP contribution < -0.4 is 0 Å². The third kappa shape index (κ3) is 7.05. The molecule has 3 nitrogen and oxygen atoms in total. The van der Waals surface area contributed by atoms with Crippen molar-refractivity contribution in [3.63, 3.8) is 0 Å². The lowest BCUT2D eigenvalue weighted by Gasteiger charge is -2.51. The second-order valence-corrected chi connectivity index (χ2v) is 25.9. The minimum atomic E-state index is -1.81. The lowest BCUT2D eigenvalue weighted by molar-refractivity contribution is -0.0926. The lowest BCUT2D eigenvalue weighted by atomic mass is 9.60. The molecule has 2 rings (SSSR count). The summed E-state index contributed by atoms with van der Waals surface area (Å²) in [5, 5.41) is 12.3. The van der Waals surface area contributed by atoms with Crippen molar-refractivity contribution in [1.29, 1.82) is 0 Å². The topological polar surface area (TPSA) is 38.7 Å². The van der Waals surface area contributed by atoms with Crippen LogP contribution in [0.4, 0.5) is 0 Å². The van der Waals surface area contributed by atoms with Gasteiger partial charge in [0.1, 0.15) is 0 Å². The molecule has 1 N–H and O–H groups in total. The van der Waals surface area contributed by atoms with Gasteiger partial charge in [0.15, 0.2) is 16.6 Å². The summed E-state index contributed by atoms with van der Waals surface area (Å²) < 4.78 is 13.8. The van der Waals surface area contributed by atoms with Crippen molar-refractivity contribution in [3.8, 4) is 0 Å². The Balaban J connectivity index is 2.06. The fourth-order valence-electron chi connectivity index (χ4n) is 6.78. The predicted octanol–water partition coefficient (Wildman–Crippen LogP) is 9.31. The number of hydrogen-bond acceptors (Lipinski definition) is 3. The Morgan fingerprint density at radius 1 is 0.800 bits per heavy atom. The Morgan fingerprint density at radius 2 is 1.34 bits per heavy atom. The van der Waals surface area contributed by atoms with Crippen LogP contribution in [0, 0.1) is 17.3 Å². The fourth-order valence-corrected chi connectivity index (χ4v) is 9.96. The van der Waals surface area contributed by atoms with Crippen LogP contribution in [0.1, 0.15) is 121 Å². The van der Waals surface area contributed by atoms with E-state index in [4.69, 9.17) is 8.85 Å². The normalized spacial score (nSPS) is 30.8. The highest BCUT2D eigenvalue weighted by molar-refractivity contribution is 6.74. The molecule has 5 atom stereocenters. The second kappa shape index (κ2) is 10.1. The van der Waals surface area contributed by atoms with Gasteiger partial charge in [0.05, 0.1) is 11.2 Å². The molecular formula is C30H62O3Si2. The van der Waals surface area contributed by atoms with Crippen LogP contribution >= 0.6 is 0 Å². The number of fused-ring (bicyclic) bond motifs is 1. The van der Waals surface area contributed by atoms with Crippen LogP contribution in [0.2, 0.25) is 36.3 Å². The van der Waals surface area contributed by atoms with Crippen LogP contribution in [0.15, 0.2) is 0 Å². The summed E-state index contributed by atoms with van der Waals surface area (Å²) in [6, 6.07) is 0. The van der Waals surface area contributed by atoms with E-state index in [9.17, 15) is 5.11 Å². The minimum Gasteiger partial charge on any atom is -0.414 e. The predicted molar refractivity (Wildman–Crippen MR) is 157 cm³/mol. The van der Waals surface area contributed by atoms with Gasteiger partial charge in [-0.2, -0.15) is 0 Å². The third-order valence-corrected chi connectivity index (χ3v) is 20.0. The Kier molecular flexibility index (Phi) is 9.13. The summed E-state index contributed by atoms with van der Waals surface area (Å²) in [5.41, 5.74) is -0.592. The van der Waals surface area contributed by atoms with E-state index in [2.05, 4.69) is 95.4 Å². The minimum absolute atomic E-state index is 0.145. The molecular weight excluding hydrogens is 464 g/mol. The average Bonchev–Trinajstić information content (AvgIpc) is 2.97. The molecule has 0 saturated heterocycles. The molecule has 2 aliphatic carbocycles. The molecule has 208 valence electrons. The maximum absolute atomic E-state index is 11.9.